The quantitative estimate of drug-likeness (QED) is 0.837. The van der Waals surface area contributed by atoms with Crippen LogP contribution in [0.15, 0.2) is 34.3 Å². The molecule has 2 aromatic heterocycles. The normalized spacial score (nSPS) is 10.5. The van der Waals surface area contributed by atoms with Crippen LogP contribution in [-0.4, -0.2) is 11.1 Å². The number of rotatable bonds is 5. The average molecular weight is 237 g/mol. The van der Waals surface area contributed by atoms with Gasteiger partial charge in [0.15, 0.2) is 0 Å². The summed E-state index contributed by atoms with van der Waals surface area (Å²) in [4.78, 5) is 12.0. The standard InChI is InChI=1S/C11H11NO3S/c13-11(14)9-3-4-15-10(9)7-12-6-8-2-1-5-16-8/h1-5,12H,6-7H2,(H,13,14). The fourth-order valence-corrected chi connectivity index (χ4v) is 2.05. The van der Waals surface area contributed by atoms with Crippen LogP contribution in [0.25, 0.3) is 0 Å². The summed E-state index contributed by atoms with van der Waals surface area (Å²) in [6.45, 7) is 1.14. The smallest absolute Gasteiger partial charge is 0.339 e. The first-order valence-electron chi connectivity index (χ1n) is 4.80. The van der Waals surface area contributed by atoms with E-state index in [0.29, 0.717) is 12.3 Å². The molecule has 2 aromatic rings. The van der Waals surface area contributed by atoms with Crippen molar-refractivity contribution in [1.29, 1.82) is 0 Å². The highest BCUT2D eigenvalue weighted by Crippen LogP contribution is 2.11. The summed E-state index contributed by atoms with van der Waals surface area (Å²) >= 11 is 1.66. The van der Waals surface area contributed by atoms with Crippen molar-refractivity contribution in [3.05, 3.63) is 46.0 Å². The van der Waals surface area contributed by atoms with Crippen molar-refractivity contribution in [3.8, 4) is 0 Å². The summed E-state index contributed by atoms with van der Waals surface area (Å²) < 4.78 is 5.11. The molecule has 2 N–H and O–H groups in total. The number of aromatic carboxylic acids is 1. The Labute approximate surface area is 96.5 Å². The molecular weight excluding hydrogens is 226 g/mol. The molecular formula is C11H11NO3S. The van der Waals surface area contributed by atoms with Gasteiger partial charge in [-0.1, -0.05) is 6.07 Å². The number of hydrogen-bond acceptors (Lipinski definition) is 4. The van der Waals surface area contributed by atoms with E-state index in [1.165, 1.54) is 17.2 Å². The molecule has 2 heterocycles. The second-order valence-corrected chi connectivity index (χ2v) is 4.28. The van der Waals surface area contributed by atoms with E-state index in [9.17, 15) is 4.79 Å². The largest absolute Gasteiger partial charge is 0.478 e. The van der Waals surface area contributed by atoms with E-state index in [1.54, 1.807) is 11.3 Å². The maximum absolute atomic E-state index is 10.8. The zero-order valence-corrected chi connectivity index (χ0v) is 9.29. The Morgan fingerprint density at radius 3 is 3.00 bits per heavy atom. The molecule has 4 nitrogen and oxygen atoms in total. The summed E-state index contributed by atoms with van der Waals surface area (Å²) in [5.74, 6) is -0.495. The highest BCUT2D eigenvalue weighted by molar-refractivity contribution is 7.09. The highest BCUT2D eigenvalue weighted by Gasteiger charge is 2.12. The van der Waals surface area contributed by atoms with Gasteiger partial charge in [-0.15, -0.1) is 11.3 Å². The minimum Gasteiger partial charge on any atom is -0.478 e. The molecule has 0 aliphatic rings. The monoisotopic (exact) mass is 237 g/mol. The Balaban J connectivity index is 1.90. The molecule has 0 aromatic carbocycles. The van der Waals surface area contributed by atoms with Crippen molar-refractivity contribution in [1.82, 2.24) is 5.32 Å². The van der Waals surface area contributed by atoms with Gasteiger partial charge in [0, 0.05) is 11.4 Å². The van der Waals surface area contributed by atoms with Gasteiger partial charge >= 0.3 is 5.97 Å². The predicted molar refractivity (Wildman–Crippen MR) is 60.5 cm³/mol. The molecule has 0 fully saturated rings. The van der Waals surface area contributed by atoms with Crippen LogP contribution in [0.4, 0.5) is 0 Å². The summed E-state index contributed by atoms with van der Waals surface area (Å²) in [5.41, 5.74) is 0.221. The average Bonchev–Trinajstić information content (AvgIpc) is 2.87. The van der Waals surface area contributed by atoms with Gasteiger partial charge in [0.1, 0.15) is 11.3 Å². The molecule has 0 radical (unpaired) electrons. The summed E-state index contributed by atoms with van der Waals surface area (Å²) in [7, 11) is 0. The molecule has 16 heavy (non-hydrogen) atoms. The van der Waals surface area contributed by atoms with Crippen LogP contribution in [0.2, 0.25) is 0 Å². The Morgan fingerprint density at radius 2 is 2.31 bits per heavy atom. The van der Waals surface area contributed by atoms with Gasteiger partial charge in [-0.3, -0.25) is 0 Å². The molecule has 0 aliphatic heterocycles. The van der Waals surface area contributed by atoms with Crippen molar-refractivity contribution in [2.75, 3.05) is 0 Å². The molecule has 0 bridgehead atoms. The second-order valence-electron chi connectivity index (χ2n) is 3.25. The fourth-order valence-electron chi connectivity index (χ4n) is 1.38. The van der Waals surface area contributed by atoms with Crippen LogP contribution < -0.4 is 5.32 Å². The lowest BCUT2D eigenvalue weighted by molar-refractivity contribution is 0.0694. The van der Waals surface area contributed by atoms with E-state index in [0.717, 1.165) is 6.54 Å². The maximum atomic E-state index is 10.8. The lowest BCUT2D eigenvalue weighted by atomic mass is 10.2. The van der Waals surface area contributed by atoms with Gasteiger partial charge in [0.25, 0.3) is 0 Å². The third-order valence-corrected chi connectivity index (χ3v) is 3.02. The van der Waals surface area contributed by atoms with Crippen LogP contribution in [0.5, 0.6) is 0 Å². The number of nitrogens with one attached hydrogen (secondary N) is 1. The Bertz CT molecular complexity index is 461. The zero-order chi connectivity index (χ0) is 11.4. The molecule has 0 spiro atoms. The van der Waals surface area contributed by atoms with E-state index in [4.69, 9.17) is 9.52 Å². The van der Waals surface area contributed by atoms with Crippen molar-refractivity contribution < 1.29 is 14.3 Å². The third kappa shape index (κ3) is 2.50. The third-order valence-electron chi connectivity index (χ3n) is 2.14. The SMILES string of the molecule is O=C(O)c1ccoc1CNCc1cccs1. The van der Waals surface area contributed by atoms with Crippen molar-refractivity contribution in [3.63, 3.8) is 0 Å². The molecule has 0 aliphatic carbocycles. The van der Waals surface area contributed by atoms with Crippen LogP contribution in [0.3, 0.4) is 0 Å². The van der Waals surface area contributed by atoms with E-state index in [1.807, 2.05) is 17.5 Å². The van der Waals surface area contributed by atoms with Gasteiger partial charge in [-0.05, 0) is 17.5 Å². The maximum Gasteiger partial charge on any atom is 0.339 e. The first kappa shape index (κ1) is 10.9. The van der Waals surface area contributed by atoms with E-state index < -0.39 is 5.97 Å². The lowest BCUT2D eigenvalue weighted by Gasteiger charge is -2.01. The summed E-state index contributed by atoms with van der Waals surface area (Å²) in [6, 6.07) is 5.47. The fraction of sp³-hybridized carbons (Fsp3) is 0.182. The molecule has 5 heteroatoms. The first-order chi connectivity index (χ1) is 7.77. The van der Waals surface area contributed by atoms with E-state index >= 15 is 0 Å². The van der Waals surface area contributed by atoms with Crippen LogP contribution in [0, 0.1) is 0 Å². The molecule has 84 valence electrons. The molecule has 0 unspecified atom stereocenters. The Hall–Kier alpha value is -1.59. The summed E-state index contributed by atoms with van der Waals surface area (Å²) in [6.07, 6.45) is 1.39. The number of thiophene rings is 1. The Kier molecular flexibility index (Phi) is 3.38. The predicted octanol–water partition coefficient (Wildman–Crippen LogP) is 2.33. The van der Waals surface area contributed by atoms with Crippen LogP contribution >= 0.6 is 11.3 Å². The molecule has 0 atom stereocenters. The van der Waals surface area contributed by atoms with Gasteiger partial charge < -0.3 is 14.8 Å². The van der Waals surface area contributed by atoms with Crippen molar-refractivity contribution in [2.45, 2.75) is 13.1 Å². The molecule has 0 saturated heterocycles. The van der Waals surface area contributed by atoms with E-state index in [2.05, 4.69) is 5.32 Å². The zero-order valence-electron chi connectivity index (χ0n) is 8.47. The van der Waals surface area contributed by atoms with Gasteiger partial charge in [0.05, 0.1) is 12.8 Å². The number of carboxylic acids is 1. The molecule has 0 amide bonds. The second kappa shape index (κ2) is 4.96. The lowest BCUT2D eigenvalue weighted by Crippen LogP contribution is -2.13. The van der Waals surface area contributed by atoms with Crippen molar-refractivity contribution in [2.24, 2.45) is 0 Å². The summed E-state index contributed by atoms with van der Waals surface area (Å²) in [5, 5.41) is 14.0. The van der Waals surface area contributed by atoms with E-state index in [-0.39, 0.29) is 5.56 Å². The molecule has 2 rings (SSSR count). The topological polar surface area (TPSA) is 62.5 Å². The van der Waals surface area contributed by atoms with Gasteiger partial charge in [-0.25, -0.2) is 4.79 Å². The number of carbonyl (C=O) groups is 1. The van der Waals surface area contributed by atoms with Crippen LogP contribution in [0.1, 0.15) is 21.0 Å². The Morgan fingerprint density at radius 1 is 1.44 bits per heavy atom. The minimum atomic E-state index is -0.957. The molecule has 0 saturated carbocycles. The minimum absolute atomic E-state index is 0.221. The van der Waals surface area contributed by atoms with Crippen molar-refractivity contribution >= 4 is 17.3 Å². The number of hydrogen-bond donors (Lipinski definition) is 2. The van der Waals surface area contributed by atoms with Crippen LogP contribution in [-0.2, 0) is 13.1 Å². The first-order valence-corrected chi connectivity index (χ1v) is 5.68. The van der Waals surface area contributed by atoms with Gasteiger partial charge in [-0.2, -0.15) is 0 Å². The number of carboxylic acid groups (broad SMARTS) is 1. The highest BCUT2D eigenvalue weighted by atomic mass is 32.1. The number of furan rings is 1. The van der Waals surface area contributed by atoms with Gasteiger partial charge in [0.2, 0.25) is 0 Å².